The first-order valence-electron chi connectivity index (χ1n) is 4.41. The molecule has 1 aliphatic rings. The van der Waals surface area contributed by atoms with E-state index in [9.17, 15) is 5.11 Å². The summed E-state index contributed by atoms with van der Waals surface area (Å²) in [5, 5.41) is 12.9. The van der Waals surface area contributed by atoms with Crippen LogP contribution in [0.15, 0.2) is 18.2 Å². The Labute approximate surface area is 77.3 Å². The topological polar surface area (TPSA) is 41.5 Å². The van der Waals surface area contributed by atoms with Crippen LogP contribution in [0.3, 0.4) is 0 Å². The van der Waals surface area contributed by atoms with Crippen molar-refractivity contribution in [1.82, 2.24) is 5.32 Å². The van der Waals surface area contributed by atoms with Crippen LogP contribution in [0.4, 0.5) is 0 Å². The molecular weight excluding hydrogens is 166 g/mol. The number of methoxy groups -OCH3 is 1. The molecule has 1 fully saturated rings. The van der Waals surface area contributed by atoms with E-state index in [1.54, 1.807) is 13.2 Å². The fourth-order valence-electron chi connectivity index (χ4n) is 1.50. The number of phenols is 1. The molecule has 0 unspecified atom stereocenters. The molecular formula is C10H13NO2. The van der Waals surface area contributed by atoms with Crippen molar-refractivity contribution in [3.8, 4) is 11.5 Å². The molecule has 0 radical (unpaired) electrons. The van der Waals surface area contributed by atoms with E-state index in [1.807, 2.05) is 12.1 Å². The molecule has 2 N–H and O–H groups in total. The average molecular weight is 179 g/mol. The summed E-state index contributed by atoms with van der Waals surface area (Å²) in [6, 6.07) is 5.75. The predicted molar refractivity (Wildman–Crippen MR) is 50.0 cm³/mol. The van der Waals surface area contributed by atoms with Crippen LogP contribution in [0.25, 0.3) is 0 Å². The second kappa shape index (κ2) is 3.26. The number of hydrogen-bond donors (Lipinski definition) is 2. The van der Waals surface area contributed by atoms with Gasteiger partial charge in [-0.15, -0.1) is 0 Å². The summed E-state index contributed by atoms with van der Waals surface area (Å²) < 4.78 is 5.00. The lowest BCUT2D eigenvalue weighted by Gasteiger charge is -2.28. The minimum absolute atomic E-state index is 0.316. The summed E-state index contributed by atoms with van der Waals surface area (Å²) >= 11 is 0. The van der Waals surface area contributed by atoms with Crippen molar-refractivity contribution in [2.45, 2.75) is 12.5 Å². The molecule has 0 bridgehead atoms. The summed E-state index contributed by atoms with van der Waals surface area (Å²) in [5.41, 5.74) is 0.965. The number of ether oxygens (including phenoxy) is 1. The molecule has 1 aromatic carbocycles. The molecule has 70 valence electrons. The maximum Gasteiger partial charge on any atom is 0.124 e. The highest BCUT2D eigenvalue weighted by molar-refractivity contribution is 5.42. The van der Waals surface area contributed by atoms with E-state index < -0.39 is 0 Å². The van der Waals surface area contributed by atoms with Gasteiger partial charge in [0.05, 0.1) is 7.11 Å². The Hall–Kier alpha value is -1.22. The number of aromatic hydroxyl groups is 1. The lowest BCUT2D eigenvalue weighted by atomic mass is 9.97. The van der Waals surface area contributed by atoms with Crippen molar-refractivity contribution in [2.75, 3.05) is 13.7 Å². The molecule has 0 aliphatic carbocycles. The van der Waals surface area contributed by atoms with Gasteiger partial charge in [-0.05, 0) is 19.0 Å². The molecule has 0 spiro atoms. The van der Waals surface area contributed by atoms with Crippen LogP contribution in [-0.2, 0) is 0 Å². The maximum atomic E-state index is 9.64. The van der Waals surface area contributed by atoms with Crippen LogP contribution in [-0.4, -0.2) is 18.8 Å². The van der Waals surface area contributed by atoms with Gasteiger partial charge in [-0.25, -0.2) is 0 Å². The number of hydrogen-bond acceptors (Lipinski definition) is 3. The average Bonchev–Trinajstić information content (AvgIpc) is 2.05. The van der Waals surface area contributed by atoms with Gasteiger partial charge in [0.1, 0.15) is 11.5 Å². The molecule has 1 aromatic rings. The molecule has 3 nitrogen and oxygen atoms in total. The Balaban J connectivity index is 2.26. The van der Waals surface area contributed by atoms with E-state index in [0.717, 1.165) is 18.5 Å². The second-order valence-electron chi connectivity index (χ2n) is 3.22. The normalized spacial score (nSPS) is 20.8. The molecule has 13 heavy (non-hydrogen) atoms. The molecule has 1 saturated heterocycles. The largest absolute Gasteiger partial charge is 0.507 e. The molecule has 3 heteroatoms. The molecule has 2 rings (SSSR count). The van der Waals surface area contributed by atoms with E-state index in [1.165, 1.54) is 0 Å². The first kappa shape index (κ1) is 8.38. The van der Waals surface area contributed by atoms with Crippen molar-refractivity contribution in [3.05, 3.63) is 23.8 Å². The highest BCUT2D eigenvalue weighted by Gasteiger charge is 2.21. The van der Waals surface area contributed by atoms with Crippen molar-refractivity contribution in [2.24, 2.45) is 0 Å². The first-order chi connectivity index (χ1) is 6.31. The van der Waals surface area contributed by atoms with Crippen LogP contribution >= 0.6 is 0 Å². The van der Waals surface area contributed by atoms with Gasteiger partial charge < -0.3 is 15.2 Å². The van der Waals surface area contributed by atoms with Crippen molar-refractivity contribution < 1.29 is 9.84 Å². The summed E-state index contributed by atoms with van der Waals surface area (Å²) in [6.07, 6.45) is 1.10. The summed E-state index contributed by atoms with van der Waals surface area (Å²) in [5.74, 6) is 1.01. The highest BCUT2D eigenvalue weighted by atomic mass is 16.5. The number of phenolic OH excluding ortho intramolecular Hbond substituents is 1. The van der Waals surface area contributed by atoms with Crippen LogP contribution in [0.5, 0.6) is 11.5 Å². The third-order valence-corrected chi connectivity index (χ3v) is 2.44. The minimum atomic E-state index is 0.316. The Morgan fingerprint density at radius 2 is 2.31 bits per heavy atom. The predicted octanol–water partition coefficient (Wildman–Crippen LogP) is 1.44. The van der Waals surface area contributed by atoms with E-state index in [0.29, 0.717) is 17.5 Å². The molecule has 1 aliphatic heterocycles. The van der Waals surface area contributed by atoms with Crippen LogP contribution in [0.2, 0.25) is 0 Å². The van der Waals surface area contributed by atoms with Gasteiger partial charge >= 0.3 is 0 Å². The Kier molecular flexibility index (Phi) is 2.10. The number of benzene rings is 1. The molecule has 0 saturated carbocycles. The van der Waals surface area contributed by atoms with Gasteiger partial charge in [0.25, 0.3) is 0 Å². The summed E-state index contributed by atoms with van der Waals surface area (Å²) in [6.45, 7) is 1.04. The zero-order chi connectivity index (χ0) is 9.26. The van der Waals surface area contributed by atoms with Gasteiger partial charge in [0.2, 0.25) is 0 Å². The van der Waals surface area contributed by atoms with Gasteiger partial charge in [0.15, 0.2) is 0 Å². The first-order valence-corrected chi connectivity index (χ1v) is 4.41. The smallest absolute Gasteiger partial charge is 0.124 e. The lowest BCUT2D eigenvalue weighted by molar-refractivity contribution is 0.360. The van der Waals surface area contributed by atoms with Gasteiger partial charge in [0, 0.05) is 17.7 Å². The molecule has 1 heterocycles. The zero-order valence-corrected chi connectivity index (χ0v) is 7.58. The van der Waals surface area contributed by atoms with E-state index >= 15 is 0 Å². The summed E-state index contributed by atoms with van der Waals surface area (Å²) in [7, 11) is 1.59. The van der Waals surface area contributed by atoms with E-state index in [4.69, 9.17) is 4.74 Å². The molecule has 0 amide bonds. The second-order valence-corrected chi connectivity index (χ2v) is 3.22. The van der Waals surface area contributed by atoms with Crippen LogP contribution < -0.4 is 10.1 Å². The van der Waals surface area contributed by atoms with Crippen molar-refractivity contribution in [1.29, 1.82) is 0 Å². The monoisotopic (exact) mass is 179 g/mol. The van der Waals surface area contributed by atoms with Crippen LogP contribution in [0, 0.1) is 0 Å². The fraction of sp³-hybridized carbons (Fsp3) is 0.400. The fourth-order valence-corrected chi connectivity index (χ4v) is 1.50. The number of nitrogens with one attached hydrogen (secondary N) is 1. The van der Waals surface area contributed by atoms with E-state index in [2.05, 4.69) is 5.32 Å². The Morgan fingerprint density at radius 1 is 1.54 bits per heavy atom. The van der Waals surface area contributed by atoms with Gasteiger partial charge in [-0.2, -0.15) is 0 Å². The zero-order valence-electron chi connectivity index (χ0n) is 7.58. The Bertz CT molecular complexity index is 308. The SMILES string of the molecule is COc1ccc([C@@H]2CCN2)c(O)c1. The van der Waals surface area contributed by atoms with Crippen molar-refractivity contribution >= 4 is 0 Å². The lowest BCUT2D eigenvalue weighted by Crippen LogP contribution is -2.34. The Morgan fingerprint density at radius 3 is 2.77 bits per heavy atom. The highest BCUT2D eigenvalue weighted by Crippen LogP contribution is 2.32. The standard InChI is InChI=1S/C10H13NO2/c1-13-7-2-3-8(10(12)6-7)9-4-5-11-9/h2-3,6,9,11-12H,4-5H2,1H3/t9-/m0/s1. The van der Waals surface area contributed by atoms with Crippen molar-refractivity contribution in [3.63, 3.8) is 0 Å². The minimum Gasteiger partial charge on any atom is -0.507 e. The molecule has 1 atom stereocenters. The third-order valence-electron chi connectivity index (χ3n) is 2.44. The van der Waals surface area contributed by atoms with E-state index in [-0.39, 0.29) is 0 Å². The van der Waals surface area contributed by atoms with Gasteiger partial charge in [-0.3, -0.25) is 0 Å². The summed E-state index contributed by atoms with van der Waals surface area (Å²) in [4.78, 5) is 0. The van der Waals surface area contributed by atoms with Gasteiger partial charge in [-0.1, -0.05) is 6.07 Å². The number of rotatable bonds is 2. The third kappa shape index (κ3) is 1.47. The maximum absolute atomic E-state index is 9.64. The quantitative estimate of drug-likeness (QED) is 0.721. The van der Waals surface area contributed by atoms with Crippen LogP contribution in [0.1, 0.15) is 18.0 Å². The molecule has 0 aromatic heterocycles.